The molecule has 1 fully saturated rings. The van der Waals surface area contributed by atoms with Gasteiger partial charge >= 0.3 is 5.97 Å². The summed E-state index contributed by atoms with van der Waals surface area (Å²) < 4.78 is 31.0. The fourth-order valence-corrected chi connectivity index (χ4v) is 2.82. The molecule has 0 aliphatic heterocycles. The van der Waals surface area contributed by atoms with Gasteiger partial charge in [-0.2, -0.15) is 0 Å². The van der Waals surface area contributed by atoms with E-state index in [1.54, 1.807) is 0 Å². The highest BCUT2D eigenvalue weighted by molar-refractivity contribution is 5.78. The number of ether oxygens (including phenoxy) is 1. The largest absolute Gasteiger partial charge is 0.469 e. The van der Waals surface area contributed by atoms with E-state index in [0.717, 1.165) is 25.0 Å². The first-order valence-corrected chi connectivity index (χ1v) is 6.64. The second kappa shape index (κ2) is 6.13. The van der Waals surface area contributed by atoms with Crippen molar-refractivity contribution in [2.45, 2.75) is 38.0 Å². The molecule has 0 N–H and O–H groups in total. The van der Waals surface area contributed by atoms with Gasteiger partial charge in [-0.25, -0.2) is 8.78 Å². The van der Waals surface area contributed by atoms with Gasteiger partial charge in [-0.3, -0.25) is 4.79 Å². The summed E-state index contributed by atoms with van der Waals surface area (Å²) in [7, 11) is 1.32. The fourth-order valence-electron chi connectivity index (χ4n) is 2.82. The smallest absolute Gasteiger partial charge is 0.313 e. The van der Waals surface area contributed by atoms with Crippen molar-refractivity contribution in [2.24, 2.45) is 5.92 Å². The predicted molar refractivity (Wildman–Crippen MR) is 67.7 cm³/mol. The Balaban J connectivity index is 2.20. The SMILES string of the molecule is COC(=O)C(CC1CCCC1)c1ccc(F)c(F)c1. The third kappa shape index (κ3) is 3.31. The lowest BCUT2D eigenvalue weighted by Gasteiger charge is -2.19. The van der Waals surface area contributed by atoms with Crippen LogP contribution in [0.5, 0.6) is 0 Å². The Kier molecular flexibility index (Phi) is 4.51. The lowest BCUT2D eigenvalue weighted by atomic mass is 9.88. The fraction of sp³-hybridized carbons (Fsp3) is 0.533. The second-order valence-electron chi connectivity index (χ2n) is 5.14. The molecule has 1 aliphatic carbocycles. The predicted octanol–water partition coefficient (Wildman–Crippen LogP) is 3.80. The molecule has 1 atom stereocenters. The van der Waals surface area contributed by atoms with Crippen molar-refractivity contribution >= 4 is 5.97 Å². The van der Waals surface area contributed by atoms with Crippen LogP contribution in [0.2, 0.25) is 0 Å². The Morgan fingerprint density at radius 1 is 1.32 bits per heavy atom. The van der Waals surface area contributed by atoms with E-state index in [4.69, 9.17) is 4.74 Å². The Bertz CT molecular complexity index is 453. The molecule has 1 unspecified atom stereocenters. The Morgan fingerprint density at radius 3 is 2.58 bits per heavy atom. The molecule has 1 saturated carbocycles. The molecule has 1 aromatic rings. The maximum atomic E-state index is 13.3. The van der Waals surface area contributed by atoms with E-state index in [0.29, 0.717) is 17.9 Å². The zero-order chi connectivity index (χ0) is 13.8. The van der Waals surface area contributed by atoms with Gasteiger partial charge in [-0.1, -0.05) is 31.7 Å². The second-order valence-corrected chi connectivity index (χ2v) is 5.14. The van der Waals surface area contributed by atoms with Gasteiger partial charge in [0.05, 0.1) is 13.0 Å². The Morgan fingerprint density at radius 2 is 2.00 bits per heavy atom. The number of hydrogen-bond acceptors (Lipinski definition) is 2. The summed E-state index contributed by atoms with van der Waals surface area (Å²) in [5.41, 5.74) is 0.498. The number of hydrogen-bond donors (Lipinski definition) is 0. The van der Waals surface area contributed by atoms with E-state index in [9.17, 15) is 13.6 Å². The third-order valence-electron chi connectivity index (χ3n) is 3.88. The summed E-state index contributed by atoms with van der Waals surface area (Å²) in [4.78, 5) is 11.9. The monoisotopic (exact) mass is 268 g/mol. The van der Waals surface area contributed by atoms with Gasteiger partial charge in [-0.05, 0) is 30.0 Å². The van der Waals surface area contributed by atoms with Crippen molar-refractivity contribution in [3.63, 3.8) is 0 Å². The van der Waals surface area contributed by atoms with E-state index in [2.05, 4.69) is 0 Å². The van der Waals surface area contributed by atoms with Crippen LogP contribution in [0.4, 0.5) is 8.78 Å². The van der Waals surface area contributed by atoms with Crippen LogP contribution >= 0.6 is 0 Å². The molecule has 0 saturated heterocycles. The van der Waals surface area contributed by atoms with Gasteiger partial charge in [-0.15, -0.1) is 0 Å². The van der Waals surface area contributed by atoms with Gasteiger partial charge in [0.15, 0.2) is 11.6 Å². The molecule has 2 rings (SSSR count). The molecule has 1 aromatic carbocycles. The van der Waals surface area contributed by atoms with Gasteiger partial charge in [0.2, 0.25) is 0 Å². The molecule has 0 amide bonds. The van der Waals surface area contributed by atoms with Crippen LogP contribution < -0.4 is 0 Å². The first kappa shape index (κ1) is 14.0. The summed E-state index contributed by atoms with van der Waals surface area (Å²) in [5, 5.41) is 0. The lowest BCUT2D eigenvalue weighted by molar-refractivity contribution is -0.142. The number of benzene rings is 1. The van der Waals surface area contributed by atoms with Crippen molar-refractivity contribution < 1.29 is 18.3 Å². The van der Waals surface area contributed by atoms with Crippen molar-refractivity contribution in [3.05, 3.63) is 35.4 Å². The van der Waals surface area contributed by atoms with Gasteiger partial charge in [0, 0.05) is 0 Å². The standard InChI is InChI=1S/C15H18F2O2/c1-19-15(18)12(8-10-4-2-3-5-10)11-6-7-13(16)14(17)9-11/h6-7,9-10,12H,2-5,8H2,1H3. The van der Waals surface area contributed by atoms with Crippen LogP contribution in [-0.2, 0) is 9.53 Å². The minimum Gasteiger partial charge on any atom is -0.469 e. The number of rotatable bonds is 4. The first-order valence-electron chi connectivity index (χ1n) is 6.64. The number of methoxy groups -OCH3 is 1. The summed E-state index contributed by atoms with van der Waals surface area (Å²) in [6.07, 6.45) is 5.19. The molecule has 2 nitrogen and oxygen atoms in total. The summed E-state index contributed by atoms with van der Waals surface area (Å²) >= 11 is 0. The Labute approximate surface area is 111 Å². The quantitative estimate of drug-likeness (QED) is 0.776. The van der Waals surface area contributed by atoms with E-state index in [1.165, 1.54) is 26.0 Å². The highest BCUT2D eigenvalue weighted by Gasteiger charge is 2.27. The first-order chi connectivity index (χ1) is 9.11. The number of esters is 1. The minimum absolute atomic E-state index is 0.377. The van der Waals surface area contributed by atoms with Gasteiger partial charge in [0.1, 0.15) is 0 Å². The Hall–Kier alpha value is -1.45. The van der Waals surface area contributed by atoms with Crippen LogP contribution in [0.15, 0.2) is 18.2 Å². The minimum atomic E-state index is -0.919. The third-order valence-corrected chi connectivity index (χ3v) is 3.88. The molecule has 0 heterocycles. The van der Waals surface area contributed by atoms with E-state index >= 15 is 0 Å². The number of carbonyl (C=O) groups is 1. The molecule has 1 aliphatic rings. The molecule has 0 bridgehead atoms. The lowest BCUT2D eigenvalue weighted by Crippen LogP contribution is -2.17. The molecular weight excluding hydrogens is 250 g/mol. The number of halogens is 2. The van der Waals surface area contributed by atoms with E-state index in [1.807, 2.05) is 0 Å². The summed E-state index contributed by atoms with van der Waals surface area (Å²) in [5.74, 6) is -2.22. The van der Waals surface area contributed by atoms with E-state index in [-0.39, 0.29) is 5.97 Å². The van der Waals surface area contributed by atoms with Crippen molar-refractivity contribution in [1.29, 1.82) is 0 Å². The maximum Gasteiger partial charge on any atom is 0.313 e. The molecule has 0 spiro atoms. The van der Waals surface area contributed by atoms with Crippen LogP contribution in [0.1, 0.15) is 43.6 Å². The summed E-state index contributed by atoms with van der Waals surface area (Å²) in [6.45, 7) is 0. The molecule has 19 heavy (non-hydrogen) atoms. The highest BCUT2D eigenvalue weighted by atomic mass is 19.2. The average Bonchev–Trinajstić information content (AvgIpc) is 2.91. The van der Waals surface area contributed by atoms with Crippen molar-refractivity contribution in [2.75, 3.05) is 7.11 Å². The van der Waals surface area contributed by atoms with Crippen molar-refractivity contribution in [3.8, 4) is 0 Å². The maximum absolute atomic E-state index is 13.3. The van der Waals surface area contributed by atoms with Crippen LogP contribution in [-0.4, -0.2) is 13.1 Å². The van der Waals surface area contributed by atoms with Crippen LogP contribution in [0.3, 0.4) is 0 Å². The van der Waals surface area contributed by atoms with Crippen molar-refractivity contribution in [1.82, 2.24) is 0 Å². The molecular formula is C15H18F2O2. The molecule has 0 radical (unpaired) electrons. The van der Waals surface area contributed by atoms with E-state index < -0.39 is 17.6 Å². The zero-order valence-electron chi connectivity index (χ0n) is 11.0. The average molecular weight is 268 g/mol. The zero-order valence-corrected chi connectivity index (χ0v) is 11.0. The topological polar surface area (TPSA) is 26.3 Å². The molecule has 4 heteroatoms. The molecule has 104 valence electrons. The normalized spacial score (nSPS) is 17.4. The van der Waals surface area contributed by atoms with Gasteiger partial charge < -0.3 is 4.74 Å². The molecule has 0 aromatic heterocycles. The highest BCUT2D eigenvalue weighted by Crippen LogP contribution is 2.35. The van der Waals surface area contributed by atoms with Crippen LogP contribution in [0.25, 0.3) is 0 Å². The van der Waals surface area contributed by atoms with Gasteiger partial charge in [0.25, 0.3) is 0 Å². The summed E-state index contributed by atoms with van der Waals surface area (Å²) in [6, 6.07) is 3.63. The number of carbonyl (C=O) groups excluding carboxylic acids is 1. The van der Waals surface area contributed by atoms with Crippen LogP contribution in [0, 0.1) is 17.6 Å².